The second-order valence-corrected chi connectivity index (χ2v) is 15.3. The SMILES string of the molecule is CC(Cc1ccccc1)c1ccc(N2CC(=O)NS2(=O)=O)c(O)c1.CCOC(=O)C(Cc1ccc(N2CC(=O)NS2(=O)=O)c(O)c1)c1ccccc1. The van der Waals surface area contributed by atoms with E-state index in [-0.39, 0.29) is 54.3 Å². The van der Waals surface area contributed by atoms with E-state index in [0.29, 0.717) is 5.56 Å². The van der Waals surface area contributed by atoms with E-state index in [9.17, 15) is 41.4 Å². The van der Waals surface area contributed by atoms with Crippen molar-refractivity contribution in [2.45, 2.75) is 38.5 Å². The zero-order chi connectivity index (χ0) is 37.6. The zero-order valence-corrected chi connectivity index (χ0v) is 29.9. The van der Waals surface area contributed by atoms with Gasteiger partial charge in [-0.05, 0) is 72.2 Å². The lowest BCUT2D eigenvalue weighted by Gasteiger charge is -2.19. The van der Waals surface area contributed by atoms with Crippen LogP contribution in [-0.2, 0) is 52.4 Å². The van der Waals surface area contributed by atoms with Crippen molar-refractivity contribution in [3.8, 4) is 11.5 Å². The first-order valence-electron chi connectivity index (χ1n) is 16.3. The first-order valence-corrected chi connectivity index (χ1v) is 19.1. The van der Waals surface area contributed by atoms with Crippen molar-refractivity contribution >= 4 is 49.6 Å². The van der Waals surface area contributed by atoms with E-state index in [2.05, 4.69) is 0 Å². The van der Waals surface area contributed by atoms with E-state index in [1.807, 2.05) is 77.0 Å². The highest BCUT2D eigenvalue weighted by Gasteiger charge is 2.36. The topological polar surface area (TPSA) is 200 Å². The summed E-state index contributed by atoms with van der Waals surface area (Å²) >= 11 is 0. The Morgan fingerprint density at radius 3 is 1.71 bits per heavy atom. The minimum absolute atomic E-state index is 0.00510. The van der Waals surface area contributed by atoms with Gasteiger partial charge in [0.25, 0.3) is 11.8 Å². The number of anilines is 2. The van der Waals surface area contributed by atoms with E-state index < -0.39 is 44.7 Å². The van der Waals surface area contributed by atoms with E-state index in [1.165, 1.54) is 23.8 Å². The highest BCUT2D eigenvalue weighted by molar-refractivity contribution is 7.92. The molecule has 2 fully saturated rings. The van der Waals surface area contributed by atoms with Crippen LogP contribution >= 0.6 is 0 Å². The molecule has 274 valence electrons. The van der Waals surface area contributed by atoms with Gasteiger partial charge in [0.15, 0.2) is 0 Å². The van der Waals surface area contributed by atoms with Crippen molar-refractivity contribution < 1.29 is 46.2 Å². The molecule has 2 heterocycles. The van der Waals surface area contributed by atoms with Crippen molar-refractivity contribution in [1.82, 2.24) is 9.44 Å². The first-order chi connectivity index (χ1) is 24.7. The van der Waals surface area contributed by atoms with E-state index in [0.717, 1.165) is 26.2 Å². The standard InChI is InChI=1S/C19H20N2O6S.C17H18N2O4S/c1-2-27-19(24)15(14-6-4-3-5-7-14)10-13-8-9-16(17(22)11-13)21-12-18(23)20-28(21,25)26;1-12(9-13-5-3-2-4-6-13)14-7-8-15(16(20)10-14)19-11-17(21)18-24(19,22)23/h3-9,11,15,22H,2,10,12H2,1H3,(H,20,23);2-8,10,12,20H,9,11H2,1H3,(H,18,21). The predicted molar refractivity (Wildman–Crippen MR) is 193 cm³/mol. The lowest BCUT2D eigenvalue weighted by atomic mass is 9.92. The van der Waals surface area contributed by atoms with Gasteiger partial charge >= 0.3 is 26.4 Å². The van der Waals surface area contributed by atoms with Crippen LogP contribution in [0.15, 0.2) is 97.1 Å². The molecule has 2 unspecified atom stereocenters. The molecular weight excluding hydrogens is 713 g/mol. The minimum Gasteiger partial charge on any atom is -0.506 e. The first kappa shape index (κ1) is 37.6. The number of benzene rings is 4. The summed E-state index contributed by atoms with van der Waals surface area (Å²) in [6.07, 6.45) is 1.07. The summed E-state index contributed by atoms with van der Waals surface area (Å²) in [4.78, 5) is 35.1. The molecule has 2 atom stereocenters. The van der Waals surface area contributed by atoms with Crippen LogP contribution in [0.3, 0.4) is 0 Å². The molecule has 0 aliphatic carbocycles. The summed E-state index contributed by atoms with van der Waals surface area (Å²) in [5.74, 6) is -2.53. The Kier molecular flexibility index (Phi) is 11.4. The number of ether oxygens (including phenoxy) is 1. The average Bonchev–Trinajstić information content (AvgIpc) is 3.54. The number of nitrogens with one attached hydrogen (secondary N) is 2. The van der Waals surface area contributed by atoms with E-state index in [1.54, 1.807) is 25.1 Å². The van der Waals surface area contributed by atoms with Gasteiger partial charge in [-0.25, -0.2) is 18.1 Å². The summed E-state index contributed by atoms with van der Waals surface area (Å²) in [5, 5.41) is 20.6. The molecule has 0 aromatic heterocycles. The van der Waals surface area contributed by atoms with Crippen LogP contribution in [0.1, 0.15) is 47.9 Å². The van der Waals surface area contributed by atoms with Gasteiger partial charge in [-0.2, -0.15) is 16.8 Å². The number of hydrogen-bond acceptors (Lipinski definition) is 10. The second-order valence-electron chi connectivity index (χ2n) is 12.2. The molecule has 14 nitrogen and oxygen atoms in total. The maximum atomic E-state index is 12.4. The molecule has 6 rings (SSSR count). The summed E-state index contributed by atoms with van der Waals surface area (Å²) < 4.78 is 58.2. The number of phenols is 2. The van der Waals surface area contributed by atoms with Crippen LogP contribution < -0.4 is 18.1 Å². The molecule has 4 aromatic rings. The van der Waals surface area contributed by atoms with Crippen molar-refractivity contribution in [3.63, 3.8) is 0 Å². The Labute approximate surface area is 302 Å². The lowest BCUT2D eigenvalue weighted by Crippen LogP contribution is -2.29. The smallest absolute Gasteiger partial charge is 0.326 e. The van der Waals surface area contributed by atoms with Crippen LogP contribution in [0.4, 0.5) is 11.4 Å². The summed E-state index contributed by atoms with van der Waals surface area (Å²) in [6.45, 7) is 3.30. The van der Waals surface area contributed by atoms with Crippen LogP contribution in [0.2, 0.25) is 0 Å². The average molecular weight is 751 g/mol. The summed E-state index contributed by atoms with van der Waals surface area (Å²) in [7, 11) is -7.93. The largest absolute Gasteiger partial charge is 0.506 e. The quantitative estimate of drug-likeness (QED) is 0.174. The normalized spacial score (nSPS) is 17.0. The number of phenolic OH excluding ortho intramolecular Hbond substituents is 2. The number of rotatable bonds is 10. The summed E-state index contributed by atoms with van der Waals surface area (Å²) in [6, 6.07) is 28.4. The molecule has 2 aliphatic rings. The monoisotopic (exact) mass is 750 g/mol. The van der Waals surface area contributed by atoms with Gasteiger partial charge < -0.3 is 14.9 Å². The second kappa shape index (κ2) is 15.7. The Morgan fingerprint density at radius 2 is 1.23 bits per heavy atom. The predicted octanol–water partition coefficient (Wildman–Crippen LogP) is 3.38. The van der Waals surface area contributed by atoms with Gasteiger partial charge in [-0.15, -0.1) is 0 Å². The van der Waals surface area contributed by atoms with Gasteiger partial charge in [0.2, 0.25) is 0 Å². The summed E-state index contributed by atoms with van der Waals surface area (Å²) in [5.41, 5.74) is 3.58. The number of hydrogen-bond donors (Lipinski definition) is 4. The number of aromatic hydroxyl groups is 2. The van der Waals surface area contributed by atoms with E-state index in [4.69, 9.17) is 4.74 Å². The molecule has 4 aromatic carbocycles. The highest BCUT2D eigenvalue weighted by atomic mass is 32.2. The number of carbonyl (C=O) groups is 3. The molecule has 0 spiro atoms. The zero-order valence-electron chi connectivity index (χ0n) is 28.3. The fourth-order valence-corrected chi connectivity index (χ4v) is 8.20. The third-order valence-corrected chi connectivity index (χ3v) is 11.2. The fraction of sp³-hybridized carbons (Fsp3) is 0.250. The molecule has 16 heteroatoms. The van der Waals surface area contributed by atoms with Gasteiger partial charge in [-0.1, -0.05) is 79.7 Å². The minimum atomic E-state index is -4.01. The fourth-order valence-electron chi connectivity index (χ4n) is 5.87. The molecule has 2 saturated heterocycles. The Balaban J connectivity index is 0.000000203. The number of nitrogens with zero attached hydrogens (tertiary/aromatic N) is 2. The molecular formula is C36H38N4O10S2. The number of esters is 1. The van der Waals surface area contributed by atoms with Crippen molar-refractivity contribution in [2.24, 2.45) is 0 Å². The maximum absolute atomic E-state index is 12.4. The van der Waals surface area contributed by atoms with Crippen LogP contribution in [0.5, 0.6) is 11.5 Å². The molecule has 52 heavy (non-hydrogen) atoms. The van der Waals surface area contributed by atoms with Crippen LogP contribution in [-0.4, -0.2) is 64.5 Å². The van der Waals surface area contributed by atoms with Gasteiger partial charge in [-0.3, -0.25) is 14.4 Å². The third kappa shape index (κ3) is 8.81. The van der Waals surface area contributed by atoms with Crippen molar-refractivity contribution in [3.05, 3.63) is 119 Å². The molecule has 2 aliphatic heterocycles. The molecule has 0 bridgehead atoms. The molecule has 0 saturated carbocycles. The Morgan fingerprint density at radius 1 is 0.712 bits per heavy atom. The van der Waals surface area contributed by atoms with Crippen molar-refractivity contribution in [2.75, 3.05) is 28.3 Å². The number of carbonyl (C=O) groups excluding carboxylic acids is 3. The van der Waals surface area contributed by atoms with Gasteiger partial charge in [0.05, 0.1) is 23.9 Å². The van der Waals surface area contributed by atoms with Crippen LogP contribution in [0, 0.1) is 0 Å². The Hall–Kier alpha value is -5.61. The van der Waals surface area contributed by atoms with Gasteiger partial charge in [0.1, 0.15) is 24.6 Å². The van der Waals surface area contributed by atoms with Crippen LogP contribution in [0.25, 0.3) is 0 Å². The molecule has 2 amide bonds. The number of amides is 2. The Bertz CT molecular complexity index is 2170. The van der Waals surface area contributed by atoms with Gasteiger partial charge in [0, 0.05) is 0 Å². The molecule has 4 N–H and O–H groups in total. The maximum Gasteiger partial charge on any atom is 0.326 e. The third-order valence-electron chi connectivity index (χ3n) is 8.38. The van der Waals surface area contributed by atoms with Crippen molar-refractivity contribution in [1.29, 1.82) is 0 Å². The van der Waals surface area contributed by atoms with E-state index >= 15 is 0 Å². The lowest BCUT2D eigenvalue weighted by molar-refractivity contribution is -0.145. The highest BCUT2D eigenvalue weighted by Crippen LogP contribution is 2.35. The molecule has 0 radical (unpaired) electrons.